The fraction of sp³-hybridized carbons (Fsp3) is 0.579. The van der Waals surface area contributed by atoms with Crippen LogP contribution in [0.3, 0.4) is 0 Å². The van der Waals surface area contributed by atoms with E-state index in [1.165, 1.54) is 28.6 Å². The second kappa shape index (κ2) is 8.84. The fourth-order valence-electron chi connectivity index (χ4n) is 3.29. The van der Waals surface area contributed by atoms with Crippen LogP contribution in [0.25, 0.3) is 0 Å². The molecule has 2 atom stereocenters. The van der Waals surface area contributed by atoms with E-state index in [0.717, 1.165) is 6.42 Å². The Morgan fingerprint density at radius 1 is 1.15 bits per heavy atom. The van der Waals surface area contributed by atoms with Gasteiger partial charge in [-0.05, 0) is 56.4 Å². The van der Waals surface area contributed by atoms with Crippen molar-refractivity contribution >= 4 is 21.9 Å². The summed E-state index contributed by atoms with van der Waals surface area (Å²) >= 11 is 0. The number of nitrogens with zero attached hydrogens (tertiary/aromatic N) is 1. The first-order valence-electron chi connectivity index (χ1n) is 9.16. The number of hydrogen-bond acceptors (Lipinski definition) is 5. The number of carbonyl (C=O) groups excluding carboxylic acids is 2. The maximum atomic E-state index is 12.8. The molecule has 1 saturated heterocycles. The van der Waals surface area contributed by atoms with E-state index >= 15 is 0 Å². The average molecular weight is 397 g/mol. The Kier molecular flexibility index (Phi) is 7.00. The van der Waals surface area contributed by atoms with Crippen molar-refractivity contribution in [1.29, 1.82) is 0 Å². The molecule has 1 heterocycles. The maximum absolute atomic E-state index is 12.8. The Morgan fingerprint density at radius 2 is 1.70 bits per heavy atom. The molecule has 0 bridgehead atoms. The number of hydrogen-bond donors (Lipinski definition) is 1. The van der Waals surface area contributed by atoms with Crippen LogP contribution in [0.2, 0.25) is 0 Å². The molecule has 1 fully saturated rings. The summed E-state index contributed by atoms with van der Waals surface area (Å²) in [6, 6.07) is 5.59. The molecule has 0 spiro atoms. The first kappa shape index (κ1) is 21.4. The van der Waals surface area contributed by atoms with Gasteiger partial charge >= 0.3 is 5.97 Å². The van der Waals surface area contributed by atoms with Crippen molar-refractivity contribution in [2.75, 3.05) is 19.7 Å². The normalized spacial score (nSPS) is 21.1. The highest BCUT2D eigenvalue weighted by atomic mass is 32.2. The molecule has 1 aromatic carbocycles. The topological polar surface area (TPSA) is 92.8 Å². The lowest BCUT2D eigenvalue weighted by Gasteiger charge is -2.34. The van der Waals surface area contributed by atoms with Crippen molar-refractivity contribution in [2.45, 2.75) is 45.1 Å². The summed E-state index contributed by atoms with van der Waals surface area (Å²) in [5, 5.41) is 2.62. The van der Waals surface area contributed by atoms with Gasteiger partial charge in [-0.1, -0.05) is 13.8 Å². The minimum absolute atomic E-state index is 0.0408. The predicted molar refractivity (Wildman–Crippen MR) is 102 cm³/mol. The van der Waals surface area contributed by atoms with Gasteiger partial charge in [0.2, 0.25) is 10.0 Å². The van der Waals surface area contributed by atoms with E-state index in [1.54, 1.807) is 0 Å². The van der Waals surface area contributed by atoms with Crippen LogP contribution < -0.4 is 5.32 Å². The van der Waals surface area contributed by atoms with Gasteiger partial charge in [-0.2, -0.15) is 4.31 Å². The second-order valence-electron chi connectivity index (χ2n) is 7.59. The van der Waals surface area contributed by atoms with Crippen LogP contribution in [0.4, 0.5) is 0 Å². The summed E-state index contributed by atoms with van der Waals surface area (Å²) in [6.07, 6.45) is 1.02. The SMILES string of the molecule is CC(C)NC(=O)COC(=O)c1ccc(S(=O)(=O)N2C[C@@H](C)C[C@H](C)C2)cc1. The van der Waals surface area contributed by atoms with Crippen molar-refractivity contribution in [3.63, 3.8) is 0 Å². The molecule has 1 N–H and O–H groups in total. The first-order valence-corrected chi connectivity index (χ1v) is 10.6. The number of carbonyl (C=O) groups is 2. The zero-order valence-electron chi connectivity index (χ0n) is 16.3. The molecule has 0 radical (unpaired) electrons. The van der Waals surface area contributed by atoms with Crippen LogP contribution in [0.15, 0.2) is 29.2 Å². The number of amides is 1. The van der Waals surface area contributed by atoms with Gasteiger partial charge in [0.1, 0.15) is 0 Å². The Balaban J connectivity index is 2.03. The molecule has 1 aliphatic rings. The molecule has 0 aromatic heterocycles. The quantitative estimate of drug-likeness (QED) is 0.743. The standard InChI is InChI=1S/C19H28N2O5S/c1-13(2)20-18(22)12-26-19(23)16-5-7-17(8-6-16)27(24,25)21-10-14(3)9-15(4)11-21/h5-8,13-15H,9-12H2,1-4H3,(H,20,22)/t14-,15-/m0/s1. The summed E-state index contributed by atoms with van der Waals surface area (Å²) < 4.78 is 32.1. The van der Waals surface area contributed by atoms with E-state index in [-0.39, 0.29) is 29.0 Å². The molecular formula is C19H28N2O5S. The minimum Gasteiger partial charge on any atom is -0.452 e. The highest BCUT2D eigenvalue weighted by Crippen LogP contribution is 2.26. The number of piperidine rings is 1. The molecule has 0 unspecified atom stereocenters. The van der Waals surface area contributed by atoms with Crippen LogP contribution in [0.1, 0.15) is 44.5 Å². The smallest absolute Gasteiger partial charge is 0.338 e. The lowest BCUT2D eigenvalue weighted by Crippen LogP contribution is -2.42. The Labute approximate surface area is 161 Å². The lowest BCUT2D eigenvalue weighted by atomic mass is 9.94. The van der Waals surface area contributed by atoms with E-state index in [2.05, 4.69) is 5.32 Å². The van der Waals surface area contributed by atoms with Gasteiger partial charge in [0.15, 0.2) is 6.61 Å². The van der Waals surface area contributed by atoms with Gasteiger partial charge in [-0.3, -0.25) is 4.79 Å². The molecule has 7 nitrogen and oxygen atoms in total. The van der Waals surface area contributed by atoms with Crippen LogP contribution in [0, 0.1) is 11.8 Å². The third-order valence-corrected chi connectivity index (χ3v) is 6.19. The largest absolute Gasteiger partial charge is 0.452 e. The summed E-state index contributed by atoms with van der Waals surface area (Å²) in [6.45, 7) is 8.34. The molecule has 0 saturated carbocycles. The van der Waals surface area contributed by atoms with Crippen LogP contribution in [-0.2, 0) is 19.6 Å². The number of esters is 1. The van der Waals surface area contributed by atoms with Gasteiger partial charge in [0.05, 0.1) is 10.5 Å². The van der Waals surface area contributed by atoms with Crippen LogP contribution >= 0.6 is 0 Å². The van der Waals surface area contributed by atoms with E-state index in [4.69, 9.17) is 4.74 Å². The number of ether oxygens (including phenoxy) is 1. The minimum atomic E-state index is -3.59. The second-order valence-corrected chi connectivity index (χ2v) is 9.53. The van der Waals surface area contributed by atoms with Crippen molar-refractivity contribution in [1.82, 2.24) is 9.62 Å². The number of rotatable bonds is 6. The molecule has 1 amide bonds. The van der Waals surface area contributed by atoms with Crippen LogP contribution in [-0.4, -0.2) is 50.3 Å². The van der Waals surface area contributed by atoms with E-state index < -0.39 is 16.0 Å². The highest BCUT2D eigenvalue weighted by Gasteiger charge is 2.31. The molecule has 2 rings (SSSR count). The van der Waals surface area contributed by atoms with Gasteiger partial charge in [0.25, 0.3) is 5.91 Å². The molecule has 1 aliphatic heterocycles. The van der Waals surface area contributed by atoms with Gasteiger partial charge in [-0.25, -0.2) is 13.2 Å². The monoisotopic (exact) mass is 396 g/mol. The number of benzene rings is 1. The average Bonchev–Trinajstić information content (AvgIpc) is 2.58. The van der Waals surface area contributed by atoms with Crippen molar-refractivity contribution in [3.8, 4) is 0 Å². The molecule has 8 heteroatoms. The van der Waals surface area contributed by atoms with Gasteiger partial charge in [0, 0.05) is 19.1 Å². The predicted octanol–water partition coefficient (Wildman–Crippen LogP) is 2.03. The molecule has 1 aromatic rings. The third-order valence-electron chi connectivity index (χ3n) is 4.35. The fourth-order valence-corrected chi connectivity index (χ4v) is 4.97. The molecular weight excluding hydrogens is 368 g/mol. The highest BCUT2D eigenvalue weighted by molar-refractivity contribution is 7.89. The summed E-state index contributed by atoms with van der Waals surface area (Å²) in [5.74, 6) is -0.423. The summed E-state index contributed by atoms with van der Waals surface area (Å²) in [7, 11) is -3.59. The Morgan fingerprint density at radius 3 is 2.22 bits per heavy atom. The third kappa shape index (κ3) is 5.77. The van der Waals surface area contributed by atoms with Crippen LogP contribution in [0.5, 0.6) is 0 Å². The number of sulfonamides is 1. The molecule has 0 aliphatic carbocycles. The Hall–Kier alpha value is -1.93. The lowest BCUT2D eigenvalue weighted by molar-refractivity contribution is -0.124. The first-order chi connectivity index (χ1) is 12.6. The Bertz CT molecular complexity index is 764. The zero-order chi connectivity index (χ0) is 20.2. The summed E-state index contributed by atoms with van der Waals surface area (Å²) in [5.41, 5.74) is 0.201. The van der Waals surface area contributed by atoms with Gasteiger partial charge in [-0.15, -0.1) is 0 Å². The van der Waals surface area contributed by atoms with Gasteiger partial charge < -0.3 is 10.1 Å². The van der Waals surface area contributed by atoms with E-state index in [1.807, 2.05) is 27.7 Å². The molecule has 27 heavy (non-hydrogen) atoms. The van der Waals surface area contributed by atoms with Crippen molar-refractivity contribution in [3.05, 3.63) is 29.8 Å². The molecule has 150 valence electrons. The van der Waals surface area contributed by atoms with E-state index in [9.17, 15) is 18.0 Å². The number of nitrogens with one attached hydrogen (secondary N) is 1. The van der Waals surface area contributed by atoms with Crippen molar-refractivity contribution < 1.29 is 22.7 Å². The summed E-state index contributed by atoms with van der Waals surface area (Å²) in [4.78, 5) is 23.7. The zero-order valence-corrected chi connectivity index (χ0v) is 17.1. The van der Waals surface area contributed by atoms with Crippen molar-refractivity contribution in [2.24, 2.45) is 11.8 Å². The van der Waals surface area contributed by atoms with E-state index in [0.29, 0.717) is 24.9 Å². The maximum Gasteiger partial charge on any atom is 0.338 e.